The maximum absolute atomic E-state index is 13.5. The molecule has 0 atom stereocenters. The number of nitrogens with zero attached hydrogens (tertiary/aromatic N) is 3. The molecule has 2 heterocycles. The van der Waals surface area contributed by atoms with E-state index in [2.05, 4.69) is 16.1 Å². The normalized spacial score (nSPS) is 17.1. The van der Waals surface area contributed by atoms with E-state index >= 15 is 0 Å². The lowest BCUT2D eigenvalue weighted by molar-refractivity contribution is 0.172. The van der Waals surface area contributed by atoms with Crippen LogP contribution >= 0.6 is 0 Å². The molecule has 0 radical (unpaired) electrons. The Bertz CT molecular complexity index is 1150. The molecule has 2 aromatic carbocycles. The van der Waals surface area contributed by atoms with Gasteiger partial charge in [-0.25, -0.2) is 4.39 Å². The summed E-state index contributed by atoms with van der Waals surface area (Å²) in [6.07, 6.45) is 8.10. The monoisotopic (exact) mass is 478 g/mol. The lowest BCUT2D eigenvalue weighted by Gasteiger charge is -2.32. The second kappa shape index (κ2) is 10.8. The second-order valence-corrected chi connectivity index (χ2v) is 10.2. The Balaban J connectivity index is 1.20. The fourth-order valence-electron chi connectivity index (χ4n) is 5.01. The number of hydrogen-bond donors (Lipinski definition) is 1. The summed E-state index contributed by atoms with van der Waals surface area (Å²) in [6, 6.07) is 11.1. The minimum atomic E-state index is -0.161. The van der Waals surface area contributed by atoms with Crippen molar-refractivity contribution in [3.63, 3.8) is 0 Å². The highest BCUT2D eigenvalue weighted by atomic mass is 19.1. The first-order valence-electron chi connectivity index (χ1n) is 12.8. The molecule has 35 heavy (non-hydrogen) atoms. The van der Waals surface area contributed by atoms with Gasteiger partial charge in [0.25, 0.3) is 0 Å². The Morgan fingerprint density at radius 1 is 1.17 bits per heavy atom. The number of ether oxygens (including phenoxy) is 1. The fourth-order valence-corrected chi connectivity index (χ4v) is 5.01. The first kappa shape index (κ1) is 23.8. The molecule has 0 unspecified atom stereocenters. The lowest BCUT2D eigenvalue weighted by Crippen LogP contribution is -2.33. The maximum Gasteiger partial charge on any atom is 0.175 e. The van der Waals surface area contributed by atoms with Crippen molar-refractivity contribution in [1.82, 2.24) is 15.0 Å². The molecule has 0 amide bonds. The van der Waals surface area contributed by atoms with Crippen LogP contribution in [0.1, 0.15) is 48.9 Å². The Kier molecular flexibility index (Phi) is 7.32. The first-order valence-corrected chi connectivity index (χ1v) is 12.8. The molecular formula is C28H35FN4O2. The highest BCUT2D eigenvalue weighted by Gasteiger charge is 2.25. The van der Waals surface area contributed by atoms with Gasteiger partial charge in [0.05, 0.1) is 30.7 Å². The smallest absolute Gasteiger partial charge is 0.175 e. The van der Waals surface area contributed by atoms with Crippen LogP contribution in [0.4, 0.5) is 4.39 Å². The number of hydrogen-bond acceptors (Lipinski definition) is 5. The number of aromatic nitrogens is 1. The molecule has 0 spiro atoms. The van der Waals surface area contributed by atoms with Crippen molar-refractivity contribution in [2.45, 2.75) is 51.6 Å². The van der Waals surface area contributed by atoms with Gasteiger partial charge < -0.3 is 14.2 Å². The molecule has 1 aromatic heterocycles. The maximum atomic E-state index is 13.5. The number of rotatable bonds is 11. The third-order valence-corrected chi connectivity index (χ3v) is 7.37. The molecule has 5 rings (SSSR count). The van der Waals surface area contributed by atoms with Gasteiger partial charge in [-0.2, -0.15) is 0 Å². The van der Waals surface area contributed by atoms with Gasteiger partial charge in [0.15, 0.2) is 5.58 Å². The van der Waals surface area contributed by atoms with Gasteiger partial charge in [0, 0.05) is 19.0 Å². The molecule has 3 aromatic rings. The van der Waals surface area contributed by atoms with Gasteiger partial charge in [-0.1, -0.05) is 17.3 Å². The van der Waals surface area contributed by atoms with Crippen LogP contribution in [0, 0.1) is 23.1 Å². The fraction of sp³-hybridized carbons (Fsp3) is 0.500. The second-order valence-electron chi connectivity index (χ2n) is 10.2. The molecule has 186 valence electrons. The molecule has 0 bridgehead atoms. The zero-order chi connectivity index (χ0) is 24.2. The van der Waals surface area contributed by atoms with Crippen molar-refractivity contribution < 1.29 is 13.7 Å². The highest BCUT2D eigenvalue weighted by molar-refractivity contribution is 5.84. The van der Waals surface area contributed by atoms with E-state index in [-0.39, 0.29) is 5.82 Å². The van der Waals surface area contributed by atoms with Crippen LogP contribution in [0.3, 0.4) is 0 Å². The van der Waals surface area contributed by atoms with Crippen LogP contribution in [0.2, 0.25) is 0 Å². The van der Waals surface area contributed by atoms with E-state index < -0.39 is 0 Å². The lowest BCUT2D eigenvalue weighted by atomic mass is 9.91. The average Bonchev–Trinajstić information content (AvgIpc) is 3.61. The van der Waals surface area contributed by atoms with E-state index in [1.807, 2.05) is 24.1 Å². The molecule has 2 aliphatic rings. The van der Waals surface area contributed by atoms with Crippen molar-refractivity contribution in [3.05, 3.63) is 59.0 Å². The van der Waals surface area contributed by atoms with E-state index in [9.17, 15) is 4.39 Å². The van der Waals surface area contributed by atoms with Crippen molar-refractivity contribution in [3.8, 4) is 5.75 Å². The van der Waals surface area contributed by atoms with Gasteiger partial charge in [-0.15, -0.1) is 0 Å². The molecule has 1 saturated heterocycles. The summed E-state index contributed by atoms with van der Waals surface area (Å²) >= 11 is 0. The standard InChI is InChI=1S/C28H35FN4O2/c1-32(19-30)17-25-27(34-18-21-5-6-21)10-8-24-26(31-35-28(24)25)9-7-20-11-13-33(14-12-20)16-22-3-2-4-23(29)15-22/h2-4,8,10,15,19-21,30H,5-7,9,11-14,16-18H2,1H3. The summed E-state index contributed by atoms with van der Waals surface area (Å²) in [5.74, 6) is 2.01. The summed E-state index contributed by atoms with van der Waals surface area (Å²) in [4.78, 5) is 4.24. The van der Waals surface area contributed by atoms with E-state index in [4.69, 9.17) is 14.7 Å². The van der Waals surface area contributed by atoms with Gasteiger partial charge in [0.2, 0.25) is 0 Å². The third kappa shape index (κ3) is 6.01. The minimum Gasteiger partial charge on any atom is -0.493 e. The number of nitrogens with one attached hydrogen (secondary N) is 1. The molecular weight excluding hydrogens is 443 g/mol. The molecule has 1 aliphatic heterocycles. The van der Waals surface area contributed by atoms with Crippen LogP contribution in [-0.4, -0.2) is 48.0 Å². The highest BCUT2D eigenvalue weighted by Crippen LogP contribution is 2.35. The number of fused-ring (bicyclic) bond motifs is 1. The summed E-state index contributed by atoms with van der Waals surface area (Å²) < 4.78 is 25.5. The third-order valence-electron chi connectivity index (χ3n) is 7.37. The van der Waals surface area contributed by atoms with E-state index in [1.54, 1.807) is 12.1 Å². The zero-order valence-electron chi connectivity index (χ0n) is 20.5. The average molecular weight is 479 g/mol. The number of piperidine rings is 1. The molecule has 2 fully saturated rings. The predicted octanol–water partition coefficient (Wildman–Crippen LogP) is 5.64. The molecule has 7 heteroatoms. The Morgan fingerprint density at radius 2 is 2.00 bits per heavy atom. The minimum absolute atomic E-state index is 0.161. The SMILES string of the molecule is CN(C=N)Cc1c(OCC2CC2)ccc2c(CCC3CCN(Cc4cccc(F)c4)CC3)noc12. The van der Waals surface area contributed by atoms with E-state index in [0.29, 0.717) is 18.4 Å². The Morgan fingerprint density at radius 3 is 2.74 bits per heavy atom. The largest absolute Gasteiger partial charge is 0.493 e. The Hall–Kier alpha value is -2.93. The van der Waals surface area contributed by atoms with Crippen LogP contribution in [0.5, 0.6) is 5.75 Å². The predicted molar refractivity (Wildman–Crippen MR) is 135 cm³/mol. The van der Waals surface area contributed by atoms with Gasteiger partial charge in [-0.05, 0) is 93.3 Å². The number of halogens is 1. The number of likely N-dealkylation sites (tertiary alicyclic amines) is 1. The molecule has 1 N–H and O–H groups in total. The van der Waals surface area contributed by atoms with Gasteiger partial charge >= 0.3 is 0 Å². The summed E-state index contributed by atoms with van der Waals surface area (Å²) in [5, 5.41) is 13.1. The summed E-state index contributed by atoms with van der Waals surface area (Å²) in [7, 11) is 1.88. The van der Waals surface area contributed by atoms with Crippen molar-refractivity contribution in [2.75, 3.05) is 26.7 Å². The van der Waals surface area contributed by atoms with Crippen LogP contribution < -0.4 is 4.74 Å². The number of benzene rings is 2. The van der Waals surface area contributed by atoms with Crippen LogP contribution in [0.15, 0.2) is 40.9 Å². The van der Waals surface area contributed by atoms with E-state index in [0.717, 1.165) is 85.5 Å². The van der Waals surface area contributed by atoms with Gasteiger partial charge in [0.1, 0.15) is 11.6 Å². The zero-order valence-corrected chi connectivity index (χ0v) is 20.5. The molecule has 6 nitrogen and oxygen atoms in total. The van der Waals surface area contributed by atoms with Crippen LogP contribution in [0.25, 0.3) is 11.0 Å². The van der Waals surface area contributed by atoms with Crippen molar-refractivity contribution >= 4 is 17.3 Å². The van der Waals surface area contributed by atoms with Crippen molar-refractivity contribution in [2.24, 2.45) is 11.8 Å². The van der Waals surface area contributed by atoms with Crippen LogP contribution in [-0.2, 0) is 19.5 Å². The first-order chi connectivity index (χ1) is 17.1. The molecule has 1 aliphatic carbocycles. The molecule has 1 saturated carbocycles. The van der Waals surface area contributed by atoms with Gasteiger partial charge in [-0.3, -0.25) is 10.3 Å². The summed E-state index contributed by atoms with van der Waals surface area (Å²) in [5.41, 5.74) is 3.81. The van der Waals surface area contributed by atoms with E-state index in [1.165, 1.54) is 25.2 Å². The van der Waals surface area contributed by atoms with Crippen molar-refractivity contribution in [1.29, 1.82) is 5.41 Å². The summed E-state index contributed by atoms with van der Waals surface area (Å²) in [6.45, 7) is 4.20. The number of aryl methyl sites for hydroxylation is 1. The Labute approximate surface area is 206 Å². The quantitative estimate of drug-likeness (QED) is 0.285. The topological polar surface area (TPSA) is 65.6 Å².